The molecule has 1 N–H and O–H groups in total. The number of hydrogen-bond acceptors (Lipinski definition) is 5. The number of anilines is 1. The standard InChI is InChI=1S/C15H20N4O2/c20-14(21)4-3-12-9-16-15(17-10-12)19-8-5-13(11-19)18-6-1-2-7-18/h3-4,9-10,13H,1-2,5-8,11H2,(H,20,21)/b4-3+. The molecule has 2 aliphatic rings. The molecule has 0 saturated carbocycles. The number of carbonyl (C=O) groups is 1. The largest absolute Gasteiger partial charge is 0.478 e. The highest BCUT2D eigenvalue weighted by Gasteiger charge is 2.30. The van der Waals surface area contributed by atoms with Crippen molar-refractivity contribution in [2.75, 3.05) is 31.1 Å². The fraction of sp³-hybridized carbons (Fsp3) is 0.533. The predicted molar refractivity (Wildman–Crippen MR) is 80.1 cm³/mol. The van der Waals surface area contributed by atoms with Gasteiger partial charge in [-0.25, -0.2) is 14.8 Å². The zero-order valence-corrected chi connectivity index (χ0v) is 12.0. The highest BCUT2D eigenvalue weighted by atomic mass is 16.4. The third-order valence-corrected chi connectivity index (χ3v) is 4.18. The zero-order chi connectivity index (χ0) is 14.7. The van der Waals surface area contributed by atoms with Crippen LogP contribution in [0.5, 0.6) is 0 Å². The molecule has 3 rings (SSSR count). The number of likely N-dealkylation sites (tertiary alicyclic amines) is 1. The molecule has 0 radical (unpaired) electrons. The van der Waals surface area contributed by atoms with Crippen LogP contribution in [-0.4, -0.2) is 58.2 Å². The molecule has 0 amide bonds. The van der Waals surface area contributed by atoms with Crippen LogP contribution in [0.1, 0.15) is 24.8 Å². The SMILES string of the molecule is O=C(O)/C=C/c1cnc(N2CCC(N3CCCC3)C2)nc1. The molecule has 6 nitrogen and oxygen atoms in total. The Morgan fingerprint density at radius 3 is 2.62 bits per heavy atom. The Hall–Kier alpha value is -1.95. The first-order valence-corrected chi connectivity index (χ1v) is 7.44. The van der Waals surface area contributed by atoms with E-state index in [1.54, 1.807) is 12.4 Å². The number of carboxylic acid groups (broad SMARTS) is 1. The summed E-state index contributed by atoms with van der Waals surface area (Å²) in [7, 11) is 0. The van der Waals surface area contributed by atoms with Gasteiger partial charge < -0.3 is 10.0 Å². The molecule has 6 heteroatoms. The Kier molecular flexibility index (Phi) is 4.15. The van der Waals surface area contributed by atoms with Crippen LogP contribution in [0, 0.1) is 0 Å². The first kappa shape index (κ1) is 14.0. The van der Waals surface area contributed by atoms with Crippen molar-refractivity contribution in [1.82, 2.24) is 14.9 Å². The van der Waals surface area contributed by atoms with Gasteiger partial charge in [-0.2, -0.15) is 0 Å². The quantitative estimate of drug-likeness (QED) is 0.841. The van der Waals surface area contributed by atoms with Gasteiger partial charge in [0.2, 0.25) is 5.95 Å². The van der Waals surface area contributed by atoms with Crippen LogP contribution in [-0.2, 0) is 4.79 Å². The van der Waals surface area contributed by atoms with Crippen LogP contribution < -0.4 is 4.90 Å². The van der Waals surface area contributed by atoms with Crippen molar-refractivity contribution >= 4 is 18.0 Å². The second kappa shape index (κ2) is 6.22. The van der Waals surface area contributed by atoms with E-state index in [0.717, 1.165) is 25.1 Å². The Bertz CT molecular complexity index is 523. The molecule has 112 valence electrons. The summed E-state index contributed by atoms with van der Waals surface area (Å²) >= 11 is 0. The van der Waals surface area contributed by atoms with E-state index in [1.807, 2.05) is 0 Å². The van der Waals surface area contributed by atoms with Crippen LogP contribution in [0.3, 0.4) is 0 Å². The van der Waals surface area contributed by atoms with Crippen LogP contribution in [0.4, 0.5) is 5.95 Å². The summed E-state index contributed by atoms with van der Waals surface area (Å²) in [6.07, 6.45) is 9.75. The van der Waals surface area contributed by atoms with Gasteiger partial charge >= 0.3 is 5.97 Å². The maximum atomic E-state index is 10.5. The molecular formula is C15H20N4O2. The lowest BCUT2D eigenvalue weighted by atomic mass is 10.2. The first-order valence-electron chi connectivity index (χ1n) is 7.44. The van der Waals surface area contributed by atoms with Gasteiger partial charge in [0, 0.05) is 43.2 Å². The molecule has 2 fully saturated rings. The lowest BCUT2D eigenvalue weighted by Crippen LogP contribution is -2.35. The fourth-order valence-electron chi connectivity index (χ4n) is 3.08. The average molecular weight is 288 g/mol. The summed E-state index contributed by atoms with van der Waals surface area (Å²) < 4.78 is 0. The number of rotatable bonds is 4. The van der Waals surface area contributed by atoms with Crippen LogP contribution >= 0.6 is 0 Å². The molecule has 21 heavy (non-hydrogen) atoms. The molecule has 0 aliphatic carbocycles. The summed E-state index contributed by atoms with van der Waals surface area (Å²) in [6.45, 7) is 4.42. The van der Waals surface area contributed by atoms with Gasteiger partial charge in [-0.05, 0) is 38.4 Å². The Labute approximate surface area is 124 Å². The molecular weight excluding hydrogens is 268 g/mol. The van der Waals surface area contributed by atoms with Crippen molar-refractivity contribution in [3.63, 3.8) is 0 Å². The number of hydrogen-bond donors (Lipinski definition) is 1. The van der Waals surface area contributed by atoms with Gasteiger partial charge in [-0.15, -0.1) is 0 Å². The second-order valence-electron chi connectivity index (χ2n) is 5.62. The number of aliphatic carboxylic acids is 1. The minimum Gasteiger partial charge on any atom is -0.478 e. The van der Waals surface area contributed by atoms with Gasteiger partial charge in [-0.3, -0.25) is 4.90 Å². The van der Waals surface area contributed by atoms with E-state index >= 15 is 0 Å². The summed E-state index contributed by atoms with van der Waals surface area (Å²) in [6, 6.07) is 0.627. The zero-order valence-electron chi connectivity index (χ0n) is 12.0. The molecule has 2 saturated heterocycles. The van der Waals surface area contributed by atoms with Crippen LogP contribution in [0.25, 0.3) is 6.08 Å². The van der Waals surface area contributed by atoms with Crippen molar-refractivity contribution < 1.29 is 9.90 Å². The summed E-state index contributed by atoms with van der Waals surface area (Å²) in [5.74, 6) is -0.226. The van der Waals surface area contributed by atoms with E-state index in [-0.39, 0.29) is 0 Å². The number of aromatic nitrogens is 2. The lowest BCUT2D eigenvalue weighted by molar-refractivity contribution is -0.131. The Morgan fingerprint density at radius 2 is 1.95 bits per heavy atom. The van der Waals surface area contributed by atoms with E-state index in [1.165, 1.54) is 38.4 Å². The molecule has 2 aliphatic heterocycles. The Morgan fingerprint density at radius 1 is 1.24 bits per heavy atom. The van der Waals surface area contributed by atoms with Gasteiger partial charge in [-0.1, -0.05) is 0 Å². The second-order valence-corrected chi connectivity index (χ2v) is 5.62. The van der Waals surface area contributed by atoms with Gasteiger partial charge in [0.05, 0.1) is 0 Å². The molecule has 1 atom stereocenters. The Balaban J connectivity index is 1.61. The summed E-state index contributed by atoms with van der Waals surface area (Å²) in [5, 5.41) is 8.59. The van der Waals surface area contributed by atoms with Gasteiger partial charge in [0.25, 0.3) is 0 Å². The summed E-state index contributed by atoms with van der Waals surface area (Å²) in [4.78, 5) is 24.0. The minimum atomic E-state index is -0.966. The lowest BCUT2D eigenvalue weighted by Gasteiger charge is -2.23. The molecule has 1 aromatic rings. The van der Waals surface area contributed by atoms with Gasteiger partial charge in [0.15, 0.2) is 0 Å². The molecule has 1 unspecified atom stereocenters. The fourth-order valence-corrected chi connectivity index (χ4v) is 3.08. The van der Waals surface area contributed by atoms with Crippen molar-refractivity contribution in [3.8, 4) is 0 Å². The maximum absolute atomic E-state index is 10.5. The highest BCUT2D eigenvalue weighted by Crippen LogP contribution is 2.22. The van der Waals surface area contributed by atoms with E-state index in [0.29, 0.717) is 11.6 Å². The van der Waals surface area contributed by atoms with E-state index < -0.39 is 5.97 Å². The molecule has 1 aromatic heterocycles. The monoisotopic (exact) mass is 288 g/mol. The third-order valence-electron chi connectivity index (χ3n) is 4.18. The van der Waals surface area contributed by atoms with E-state index in [2.05, 4.69) is 19.8 Å². The van der Waals surface area contributed by atoms with E-state index in [4.69, 9.17) is 5.11 Å². The normalized spacial score (nSPS) is 23.2. The molecule has 0 bridgehead atoms. The van der Waals surface area contributed by atoms with Crippen LogP contribution in [0.15, 0.2) is 18.5 Å². The summed E-state index contributed by atoms with van der Waals surface area (Å²) in [5.41, 5.74) is 0.705. The average Bonchev–Trinajstić information content (AvgIpc) is 3.16. The van der Waals surface area contributed by atoms with Crippen molar-refractivity contribution in [2.24, 2.45) is 0 Å². The van der Waals surface area contributed by atoms with E-state index in [9.17, 15) is 4.79 Å². The third kappa shape index (κ3) is 3.39. The predicted octanol–water partition coefficient (Wildman–Crippen LogP) is 1.25. The molecule has 3 heterocycles. The highest BCUT2D eigenvalue weighted by molar-refractivity contribution is 5.85. The first-order chi connectivity index (χ1) is 10.2. The smallest absolute Gasteiger partial charge is 0.328 e. The topological polar surface area (TPSA) is 69.6 Å². The minimum absolute atomic E-state index is 0.627. The molecule has 0 spiro atoms. The number of nitrogens with zero attached hydrogens (tertiary/aromatic N) is 4. The maximum Gasteiger partial charge on any atom is 0.328 e. The van der Waals surface area contributed by atoms with Gasteiger partial charge in [0.1, 0.15) is 0 Å². The van der Waals surface area contributed by atoms with Crippen molar-refractivity contribution in [1.29, 1.82) is 0 Å². The van der Waals surface area contributed by atoms with Crippen LogP contribution in [0.2, 0.25) is 0 Å². The number of carboxylic acids is 1. The van der Waals surface area contributed by atoms with Crippen molar-refractivity contribution in [2.45, 2.75) is 25.3 Å². The van der Waals surface area contributed by atoms with Crippen molar-refractivity contribution in [3.05, 3.63) is 24.0 Å². The molecule has 0 aromatic carbocycles.